The third kappa shape index (κ3) is 1.98. The first-order valence-corrected chi connectivity index (χ1v) is 8.30. The number of likely N-dealkylation sites (N-methyl/N-ethyl adjacent to an activating group) is 1. The van der Waals surface area contributed by atoms with Crippen LogP contribution in [-0.2, 0) is 16.6 Å². The van der Waals surface area contributed by atoms with Crippen LogP contribution in [0.4, 0.5) is 0 Å². The number of likely N-dealkylation sites (tertiary alicyclic amines) is 1. The molecule has 1 aromatic rings. The number of benzene rings is 1. The molecule has 2 heterocycles. The van der Waals surface area contributed by atoms with E-state index in [-0.39, 0.29) is 6.54 Å². The van der Waals surface area contributed by atoms with E-state index in [1.165, 1.54) is 9.87 Å². The van der Waals surface area contributed by atoms with Crippen LogP contribution in [0.5, 0.6) is 0 Å². The predicted octanol–water partition coefficient (Wildman–Crippen LogP) is 0.267. The van der Waals surface area contributed by atoms with Crippen molar-refractivity contribution in [2.75, 3.05) is 26.7 Å². The van der Waals surface area contributed by atoms with Gasteiger partial charge in [-0.05, 0) is 12.0 Å². The molecule has 1 spiro atoms. The highest BCUT2D eigenvalue weighted by Crippen LogP contribution is 2.40. The molecule has 1 N–H and O–H groups in total. The molecule has 2 aliphatic rings. The standard InChI is InChI=1S/C14H20N2O3S/c1-15-10-13(17)14(20(15,18)19)7-8-16(11-14)9-12-5-3-2-4-6-12/h2-6,13,17H,7-11H2,1H3/t13-,14-/m1/s1. The Morgan fingerprint density at radius 2 is 2.05 bits per heavy atom. The Morgan fingerprint density at radius 3 is 2.65 bits per heavy atom. The van der Waals surface area contributed by atoms with Crippen molar-refractivity contribution < 1.29 is 13.5 Å². The second-order valence-electron chi connectivity index (χ2n) is 5.81. The second kappa shape index (κ2) is 4.80. The summed E-state index contributed by atoms with van der Waals surface area (Å²) in [6.07, 6.45) is -0.286. The van der Waals surface area contributed by atoms with Crippen LogP contribution in [0.15, 0.2) is 30.3 Å². The summed E-state index contributed by atoms with van der Waals surface area (Å²) < 4.78 is 25.2. The summed E-state index contributed by atoms with van der Waals surface area (Å²) >= 11 is 0. The molecule has 0 bridgehead atoms. The summed E-state index contributed by atoms with van der Waals surface area (Å²) in [6, 6.07) is 10.0. The predicted molar refractivity (Wildman–Crippen MR) is 76.6 cm³/mol. The lowest BCUT2D eigenvalue weighted by atomic mass is 10.0. The minimum Gasteiger partial charge on any atom is -0.390 e. The van der Waals surface area contributed by atoms with Crippen molar-refractivity contribution in [2.24, 2.45) is 0 Å². The fraction of sp³-hybridized carbons (Fsp3) is 0.571. The Labute approximate surface area is 119 Å². The van der Waals surface area contributed by atoms with Gasteiger partial charge in [0.1, 0.15) is 4.75 Å². The highest BCUT2D eigenvalue weighted by molar-refractivity contribution is 7.90. The Hall–Kier alpha value is -0.950. The molecule has 1 aromatic carbocycles. The lowest BCUT2D eigenvalue weighted by Gasteiger charge is -2.26. The molecule has 0 aliphatic carbocycles. The van der Waals surface area contributed by atoms with Crippen molar-refractivity contribution in [3.63, 3.8) is 0 Å². The van der Waals surface area contributed by atoms with Gasteiger partial charge < -0.3 is 5.11 Å². The highest BCUT2D eigenvalue weighted by Gasteiger charge is 2.60. The van der Waals surface area contributed by atoms with Gasteiger partial charge in [-0.25, -0.2) is 12.7 Å². The number of rotatable bonds is 2. The zero-order chi connectivity index (χ0) is 14.4. The number of hydrogen-bond acceptors (Lipinski definition) is 4. The number of sulfonamides is 1. The minimum absolute atomic E-state index is 0.210. The lowest BCUT2D eigenvalue weighted by molar-refractivity contribution is 0.130. The first-order chi connectivity index (χ1) is 9.46. The van der Waals surface area contributed by atoms with Crippen molar-refractivity contribution in [2.45, 2.75) is 23.8 Å². The van der Waals surface area contributed by atoms with Gasteiger partial charge in [0, 0.05) is 33.2 Å². The molecule has 5 nitrogen and oxygen atoms in total. The van der Waals surface area contributed by atoms with Gasteiger partial charge in [0.2, 0.25) is 10.0 Å². The maximum atomic E-state index is 12.5. The summed E-state index contributed by atoms with van der Waals surface area (Å²) in [5, 5.41) is 10.2. The molecule has 2 saturated heterocycles. The average molecular weight is 296 g/mol. The Kier molecular flexibility index (Phi) is 3.36. The van der Waals surface area contributed by atoms with Crippen molar-refractivity contribution in [1.29, 1.82) is 0 Å². The number of nitrogens with zero attached hydrogens (tertiary/aromatic N) is 2. The molecule has 0 amide bonds. The molecule has 20 heavy (non-hydrogen) atoms. The Balaban J connectivity index is 1.80. The van der Waals surface area contributed by atoms with Gasteiger partial charge in [-0.3, -0.25) is 4.90 Å². The number of aliphatic hydroxyl groups excluding tert-OH is 1. The van der Waals surface area contributed by atoms with Crippen LogP contribution in [0.2, 0.25) is 0 Å². The molecule has 0 saturated carbocycles. The highest BCUT2D eigenvalue weighted by atomic mass is 32.2. The first kappa shape index (κ1) is 14.0. The third-order valence-corrected chi connectivity index (χ3v) is 7.16. The Bertz CT molecular complexity index is 590. The van der Waals surface area contributed by atoms with Crippen LogP contribution in [0.3, 0.4) is 0 Å². The van der Waals surface area contributed by atoms with E-state index in [4.69, 9.17) is 0 Å². The smallest absolute Gasteiger partial charge is 0.223 e. The maximum absolute atomic E-state index is 12.5. The van der Waals surface area contributed by atoms with Gasteiger partial charge in [-0.1, -0.05) is 30.3 Å². The van der Waals surface area contributed by atoms with Gasteiger partial charge in [-0.15, -0.1) is 0 Å². The Morgan fingerprint density at radius 1 is 1.35 bits per heavy atom. The fourth-order valence-electron chi connectivity index (χ4n) is 3.33. The van der Waals surface area contributed by atoms with E-state index in [9.17, 15) is 13.5 Å². The normalized spacial score (nSPS) is 34.0. The van der Waals surface area contributed by atoms with Gasteiger partial charge in [-0.2, -0.15) is 0 Å². The second-order valence-corrected chi connectivity index (χ2v) is 8.20. The van der Waals surface area contributed by atoms with E-state index in [0.717, 1.165) is 6.54 Å². The number of aliphatic hydroxyl groups is 1. The van der Waals surface area contributed by atoms with E-state index in [2.05, 4.69) is 4.90 Å². The van der Waals surface area contributed by atoms with Gasteiger partial charge in [0.05, 0.1) is 6.10 Å². The van der Waals surface area contributed by atoms with E-state index >= 15 is 0 Å². The van der Waals surface area contributed by atoms with E-state index in [1.54, 1.807) is 7.05 Å². The lowest BCUT2D eigenvalue weighted by Crippen LogP contribution is -2.47. The summed E-state index contributed by atoms with van der Waals surface area (Å²) in [5.74, 6) is 0. The number of hydrogen-bond donors (Lipinski definition) is 1. The SMILES string of the molecule is CN1C[C@@H](O)[C@]2(CCN(Cc3ccccc3)C2)S1(=O)=O. The monoisotopic (exact) mass is 296 g/mol. The quantitative estimate of drug-likeness (QED) is 0.851. The van der Waals surface area contributed by atoms with Crippen molar-refractivity contribution >= 4 is 10.0 Å². The van der Waals surface area contributed by atoms with Gasteiger partial charge >= 0.3 is 0 Å². The summed E-state index contributed by atoms with van der Waals surface area (Å²) in [7, 11) is -1.85. The maximum Gasteiger partial charge on any atom is 0.223 e. The molecule has 3 rings (SSSR count). The third-order valence-electron chi connectivity index (χ3n) is 4.55. The molecular weight excluding hydrogens is 276 g/mol. The fourth-order valence-corrected chi connectivity index (χ4v) is 5.40. The van der Waals surface area contributed by atoms with E-state index < -0.39 is 20.9 Å². The molecule has 0 radical (unpaired) electrons. The van der Waals surface area contributed by atoms with E-state index in [1.807, 2.05) is 30.3 Å². The van der Waals surface area contributed by atoms with Crippen molar-refractivity contribution in [3.05, 3.63) is 35.9 Å². The molecule has 2 aliphatic heterocycles. The molecule has 2 fully saturated rings. The zero-order valence-electron chi connectivity index (χ0n) is 11.6. The average Bonchev–Trinajstić information content (AvgIpc) is 2.91. The first-order valence-electron chi connectivity index (χ1n) is 6.86. The van der Waals surface area contributed by atoms with Crippen molar-refractivity contribution in [1.82, 2.24) is 9.21 Å². The van der Waals surface area contributed by atoms with Crippen LogP contribution in [0.25, 0.3) is 0 Å². The molecule has 0 unspecified atom stereocenters. The van der Waals surface area contributed by atoms with Crippen LogP contribution in [0, 0.1) is 0 Å². The van der Waals surface area contributed by atoms with Crippen molar-refractivity contribution in [3.8, 4) is 0 Å². The summed E-state index contributed by atoms with van der Waals surface area (Å²) in [6.45, 7) is 2.06. The molecule has 110 valence electrons. The van der Waals surface area contributed by atoms with Crippen LogP contribution in [0.1, 0.15) is 12.0 Å². The number of β-amino-alcohol motifs (C(OH)–C–C–N with tert-alkyl or cyclic N) is 1. The van der Waals surface area contributed by atoms with Crippen LogP contribution in [-0.4, -0.2) is 60.3 Å². The molecular formula is C14H20N2O3S. The van der Waals surface area contributed by atoms with Crippen LogP contribution >= 0.6 is 0 Å². The minimum atomic E-state index is -3.40. The molecule has 0 aromatic heterocycles. The zero-order valence-corrected chi connectivity index (χ0v) is 12.4. The van der Waals surface area contributed by atoms with Crippen LogP contribution < -0.4 is 0 Å². The van der Waals surface area contributed by atoms with Gasteiger partial charge in [0.25, 0.3) is 0 Å². The van der Waals surface area contributed by atoms with E-state index in [0.29, 0.717) is 19.5 Å². The summed E-state index contributed by atoms with van der Waals surface area (Å²) in [5.41, 5.74) is 1.17. The largest absolute Gasteiger partial charge is 0.390 e. The topological polar surface area (TPSA) is 60.9 Å². The molecule has 2 atom stereocenters. The molecule has 6 heteroatoms. The summed E-state index contributed by atoms with van der Waals surface area (Å²) in [4.78, 5) is 2.12. The van der Waals surface area contributed by atoms with Gasteiger partial charge in [0.15, 0.2) is 0 Å².